The summed E-state index contributed by atoms with van der Waals surface area (Å²) in [7, 11) is 0. The number of nitrogen functional groups attached to an aromatic ring is 1. The number of hydrogen-bond acceptors (Lipinski definition) is 6. The third-order valence-corrected chi connectivity index (χ3v) is 4.48. The van der Waals surface area contributed by atoms with E-state index >= 15 is 0 Å². The Morgan fingerprint density at radius 3 is 2.95 bits per heavy atom. The average Bonchev–Trinajstić information content (AvgIpc) is 2.94. The van der Waals surface area contributed by atoms with Crippen LogP contribution >= 0.6 is 24.8 Å². The first kappa shape index (κ1) is 17.1. The second-order valence-electron chi connectivity index (χ2n) is 5.70. The molecule has 2 aromatic rings. The fourth-order valence-corrected chi connectivity index (χ4v) is 3.50. The maximum absolute atomic E-state index is 5.81. The lowest BCUT2D eigenvalue weighted by Crippen LogP contribution is -2.52. The topological polar surface area (TPSA) is 95.8 Å². The summed E-state index contributed by atoms with van der Waals surface area (Å²) >= 11 is 0. The molecule has 4 heterocycles. The first-order valence-corrected chi connectivity index (χ1v) is 7.26. The predicted octanol–water partition coefficient (Wildman–Crippen LogP) is 1.36. The van der Waals surface area contributed by atoms with Gasteiger partial charge in [-0.05, 0) is 31.7 Å². The molecule has 2 aromatic heterocycles. The Morgan fingerprint density at radius 2 is 2.09 bits per heavy atom. The molecule has 7 nitrogen and oxygen atoms in total. The molecule has 2 aliphatic rings. The molecule has 2 aliphatic heterocycles. The van der Waals surface area contributed by atoms with Crippen molar-refractivity contribution < 1.29 is 0 Å². The lowest BCUT2D eigenvalue weighted by molar-refractivity contribution is 0.244. The van der Waals surface area contributed by atoms with Gasteiger partial charge in [0.15, 0.2) is 11.5 Å². The number of aromatic nitrogens is 4. The van der Waals surface area contributed by atoms with E-state index in [-0.39, 0.29) is 24.8 Å². The van der Waals surface area contributed by atoms with E-state index in [2.05, 4.69) is 30.2 Å². The van der Waals surface area contributed by atoms with Gasteiger partial charge in [-0.15, -0.1) is 24.8 Å². The van der Waals surface area contributed by atoms with E-state index in [1.165, 1.54) is 12.8 Å². The van der Waals surface area contributed by atoms with Crippen LogP contribution in [0.5, 0.6) is 0 Å². The van der Waals surface area contributed by atoms with Crippen molar-refractivity contribution in [2.75, 3.05) is 30.3 Å². The zero-order valence-electron chi connectivity index (χ0n) is 12.2. The van der Waals surface area contributed by atoms with E-state index in [4.69, 9.17) is 5.73 Å². The predicted molar refractivity (Wildman–Crippen MR) is 91.9 cm³/mol. The molecule has 0 unspecified atom stereocenters. The molecule has 0 amide bonds. The van der Waals surface area contributed by atoms with Crippen molar-refractivity contribution in [3.63, 3.8) is 0 Å². The second kappa shape index (κ2) is 6.85. The van der Waals surface area contributed by atoms with Gasteiger partial charge < -0.3 is 20.9 Å². The van der Waals surface area contributed by atoms with Crippen molar-refractivity contribution in [2.24, 2.45) is 5.92 Å². The summed E-state index contributed by atoms with van der Waals surface area (Å²) in [5.41, 5.74) is 7.35. The van der Waals surface area contributed by atoms with Gasteiger partial charge in [0.2, 0.25) is 5.95 Å². The summed E-state index contributed by atoms with van der Waals surface area (Å²) < 4.78 is 0. The van der Waals surface area contributed by atoms with Crippen molar-refractivity contribution >= 4 is 47.7 Å². The molecule has 0 bridgehead atoms. The van der Waals surface area contributed by atoms with Crippen LogP contribution in [0.4, 0.5) is 11.8 Å². The number of piperidine rings is 2. The van der Waals surface area contributed by atoms with Crippen LogP contribution in [0.1, 0.15) is 19.3 Å². The van der Waals surface area contributed by atoms with Gasteiger partial charge in [0.05, 0.1) is 6.33 Å². The van der Waals surface area contributed by atoms with Gasteiger partial charge in [0.1, 0.15) is 5.52 Å². The van der Waals surface area contributed by atoms with Crippen LogP contribution in [0, 0.1) is 5.92 Å². The lowest BCUT2D eigenvalue weighted by Gasteiger charge is -2.42. The molecule has 0 radical (unpaired) electrons. The molecule has 0 spiro atoms. The minimum absolute atomic E-state index is 0. The van der Waals surface area contributed by atoms with Gasteiger partial charge in [-0.3, -0.25) is 0 Å². The molecule has 2 saturated heterocycles. The van der Waals surface area contributed by atoms with E-state index in [1.807, 2.05) is 0 Å². The number of hydrogen-bond donors (Lipinski definition) is 3. The Labute approximate surface area is 141 Å². The number of fused-ring (bicyclic) bond motifs is 2. The molecule has 2 atom stereocenters. The van der Waals surface area contributed by atoms with Crippen molar-refractivity contribution in [1.29, 1.82) is 0 Å². The summed E-state index contributed by atoms with van der Waals surface area (Å²) in [5.74, 6) is 1.89. The smallest absolute Gasteiger partial charge is 0.224 e. The maximum Gasteiger partial charge on any atom is 0.224 e. The number of rotatable bonds is 1. The highest BCUT2D eigenvalue weighted by Crippen LogP contribution is 2.30. The molecule has 0 aromatic carbocycles. The van der Waals surface area contributed by atoms with Gasteiger partial charge in [0, 0.05) is 19.1 Å². The zero-order valence-corrected chi connectivity index (χ0v) is 13.8. The Hall–Kier alpha value is -1.31. The lowest BCUT2D eigenvalue weighted by atomic mass is 9.85. The number of halogens is 2. The van der Waals surface area contributed by atoms with E-state index in [9.17, 15) is 0 Å². The van der Waals surface area contributed by atoms with Gasteiger partial charge >= 0.3 is 0 Å². The van der Waals surface area contributed by atoms with E-state index in [0.717, 1.165) is 37.4 Å². The molecule has 2 fully saturated rings. The van der Waals surface area contributed by atoms with Gasteiger partial charge in [-0.2, -0.15) is 9.97 Å². The normalized spacial score (nSPS) is 24.3. The van der Waals surface area contributed by atoms with Crippen LogP contribution in [0.3, 0.4) is 0 Å². The summed E-state index contributed by atoms with van der Waals surface area (Å²) in [6.45, 7) is 3.19. The fourth-order valence-electron chi connectivity index (χ4n) is 3.50. The molecule has 22 heavy (non-hydrogen) atoms. The number of imidazole rings is 1. The summed E-state index contributed by atoms with van der Waals surface area (Å²) in [6, 6.07) is 0.663. The van der Waals surface area contributed by atoms with Gasteiger partial charge in [-0.1, -0.05) is 0 Å². The van der Waals surface area contributed by atoms with Crippen LogP contribution in [0.15, 0.2) is 6.33 Å². The number of aromatic amines is 1. The van der Waals surface area contributed by atoms with Gasteiger partial charge in [0.25, 0.3) is 0 Å². The van der Waals surface area contributed by atoms with Crippen molar-refractivity contribution in [1.82, 2.24) is 25.3 Å². The monoisotopic (exact) mass is 345 g/mol. The second-order valence-corrected chi connectivity index (χ2v) is 5.70. The Bertz CT molecular complexity index is 632. The van der Waals surface area contributed by atoms with Crippen LogP contribution in [-0.4, -0.2) is 45.6 Å². The molecule has 0 aliphatic carbocycles. The number of anilines is 2. The van der Waals surface area contributed by atoms with Gasteiger partial charge in [-0.25, -0.2) is 4.98 Å². The quantitative estimate of drug-likeness (QED) is 0.722. The Morgan fingerprint density at radius 1 is 1.23 bits per heavy atom. The largest absolute Gasteiger partial charge is 0.368 e. The van der Waals surface area contributed by atoms with Crippen LogP contribution in [0.2, 0.25) is 0 Å². The number of nitrogens with zero attached hydrogens (tertiary/aromatic N) is 4. The highest BCUT2D eigenvalue weighted by molar-refractivity contribution is 5.85. The molecular weight excluding hydrogens is 325 g/mol. The van der Waals surface area contributed by atoms with Crippen LogP contribution in [-0.2, 0) is 0 Å². The Balaban J connectivity index is 0.000000882. The van der Waals surface area contributed by atoms with Crippen LogP contribution < -0.4 is 16.0 Å². The number of H-pyrrole nitrogens is 1. The Kier molecular flexibility index (Phi) is 5.31. The highest BCUT2D eigenvalue weighted by atomic mass is 35.5. The van der Waals surface area contributed by atoms with E-state index in [1.54, 1.807) is 6.33 Å². The third-order valence-electron chi connectivity index (χ3n) is 4.48. The van der Waals surface area contributed by atoms with E-state index < -0.39 is 0 Å². The molecule has 4 N–H and O–H groups in total. The fraction of sp³-hybridized carbons (Fsp3) is 0.615. The maximum atomic E-state index is 5.81. The molecular formula is C13H21Cl2N7. The van der Waals surface area contributed by atoms with E-state index in [0.29, 0.717) is 23.6 Å². The average molecular weight is 346 g/mol. The molecule has 0 saturated carbocycles. The number of nitrogens with one attached hydrogen (secondary N) is 2. The minimum atomic E-state index is 0. The zero-order chi connectivity index (χ0) is 13.5. The van der Waals surface area contributed by atoms with Crippen molar-refractivity contribution in [2.45, 2.75) is 25.3 Å². The SMILES string of the molecule is Cl.Cl.Nc1nc(N2CC[C@@H]3NCCC[C@@H]3C2)c2[nH]cnc2n1. The molecule has 122 valence electrons. The molecule has 4 rings (SSSR count). The number of nitrogens with two attached hydrogens (primary N) is 1. The first-order valence-electron chi connectivity index (χ1n) is 7.26. The summed E-state index contributed by atoms with van der Waals surface area (Å²) in [4.78, 5) is 18.2. The summed E-state index contributed by atoms with van der Waals surface area (Å²) in [5, 5.41) is 3.63. The highest BCUT2D eigenvalue weighted by Gasteiger charge is 2.32. The van der Waals surface area contributed by atoms with Crippen molar-refractivity contribution in [3.05, 3.63) is 6.33 Å². The minimum Gasteiger partial charge on any atom is -0.368 e. The standard InChI is InChI=1S/C13H19N7.2ClH/c14-13-18-11-10(16-7-17-11)12(19-13)20-5-3-9-8(6-20)2-1-4-15-9;;/h7-9,15H,1-6H2,(H3,14,16,17,18,19);2*1H/t8-,9+;;/m1../s1. The summed E-state index contributed by atoms with van der Waals surface area (Å²) in [6.07, 6.45) is 5.36. The first-order chi connectivity index (χ1) is 9.81. The van der Waals surface area contributed by atoms with Crippen LogP contribution in [0.25, 0.3) is 11.2 Å². The van der Waals surface area contributed by atoms with Crippen molar-refractivity contribution in [3.8, 4) is 0 Å². The molecule has 9 heteroatoms. The third kappa shape index (κ3) is 2.93.